The highest BCUT2D eigenvalue weighted by Crippen LogP contribution is 2.22. The molecule has 25 heavy (non-hydrogen) atoms. The number of hydrogen-bond donors (Lipinski definition) is 1. The lowest BCUT2D eigenvalue weighted by atomic mass is 10.1. The Labute approximate surface area is 150 Å². The number of benzene rings is 2. The quantitative estimate of drug-likeness (QED) is 0.689. The number of anilines is 1. The van der Waals surface area contributed by atoms with Crippen LogP contribution < -0.4 is 9.88 Å². The summed E-state index contributed by atoms with van der Waals surface area (Å²) < 4.78 is 14.8. The van der Waals surface area contributed by atoms with E-state index < -0.39 is 5.82 Å². The molecular weight excluding hydrogens is 339 g/mol. The monoisotopic (exact) mass is 355 g/mol. The molecule has 1 amide bonds. The Morgan fingerprint density at radius 1 is 1.00 bits per heavy atom. The predicted octanol–water partition coefficient (Wildman–Crippen LogP) is 4.00. The minimum absolute atomic E-state index is 0.152. The van der Waals surface area contributed by atoms with Crippen LogP contribution >= 0.6 is 11.6 Å². The largest absolute Gasteiger partial charge is 0.319 e. The highest BCUT2D eigenvalue weighted by Gasteiger charge is 2.12. The third kappa shape index (κ3) is 4.88. The lowest BCUT2D eigenvalue weighted by Crippen LogP contribution is -2.39. The summed E-state index contributed by atoms with van der Waals surface area (Å²) in [6.45, 7) is 0.152. The zero-order valence-electron chi connectivity index (χ0n) is 13.5. The van der Waals surface area contributed by atoms with Gasteiger partial charge in [-0.05, 0) is 35.7 Å². The first-order chi connectivity index (χ1) is 12.1. The lowest BCUT2D eigenvalue weighted by Gasteiger charge is -2.06. The molecule has 0 bridgehead atoms. The maximum absolute atomic E-state index is 13.0. The summed E-state index contributed by atoms with van der Waals surface area (Å²) in [7, 11) is 0. The van der Waals surface area contributed by atoms with Gasteiger partial charge in [-0.25, -0.2) is 4.39 Å². The van der Waals surface area contributed by atoms with Crippen molar-refractivity contribution in [1.82, 2.24) is 0 Å². The SMILES string of the molecule is O=C(C[n+]1ccc(Cc2ccccc2)cc1)Nc1ccc(F)cc1Cl. The molecule has 0 saturated carbocycles. The third-order valence-corrected chi connectivity index (χ3v) is 4.06. The Balaban J connectivity index is 1.60. The molecule has 1 N–H and O–H groups in total. The molecule has 0 atom stereocenters. The molecule has 0 saturated heterocycles. The van der Waals surface area contributed by atoms with E-state index in [1.165, 1.54) is 29.3 Å². The van der Waals surface area contributed by atoms with Crippen molar-refractivity contribution in [3.63, 3.8) is 0 Å². The number of carbonyl (C=O) groups excluding carboxylic acids is 1. The van der Waals surface area contributed by atoms with E-state index in [9.17, 15) is 9.18 Å². The van der Waals surface area contributed by atoms with Gasteiger partial charge in [0.15, 0.2) is 12.4 Å². The second-order valence-electron chi connectivity index (χ2n) is 5.71. The maximum atomic E-state index is 13.0. The van der Waals surface area contributed by atoms with Crippen molar-refractivity contribution >= 4 is 23.2 Å². The van der Waals surface area contributed by atoms with Gasteiger partial charge < -0.3 is 5.32 Å². The number of amides is 1. The van der Waals surface area contributed by atoms with Crippen LogP contribution in [0, 0.1) is 5.82 Å². The van der Waals surface area contributed by atoms with E-state index in [0.717, 1.165) is 6.42 Å². The van der Waals surface area contributed by atoms with Crippen molar-refractivity contribution in [3.05, 3.63) is 95.0 Å². The molecule has 0 aliphatic rings. The van der Waals surface area contributed by atoms with Gasteiger partial charge in [-0.3, -0.25) is 4.79 Å². The molecule has 0 aliphatic heterocycles. The second kappa shape index (κ2) is 7.90. The molecule has 0 unspecified atom stereocenters. The first kappa shape index (κ1) is 17.1. The first-order valence-electron chi connectivity index (χ1n) is 7.87. The van der Waals surface area contributed by atoms with Gasteiger partial charge in [-0.15, -0.1) is 0 Å². The molecule has 3 rings (SSSR count). The Morgan fingerprint density at radius 3 is 2.36 bits per heavy atom. The number of hydrogen-bond acceptors (Lipinski definition) is 1. The lowest BCUT2D eigenvalue weighted by molar-refractivity contribution is -0.684. The molecule has 2 aromatic carbocycles. The highest BCUT2D eigenvalue weighted by atomic mass is 35.5. The van der Waals surface area contributed by atoms with Crippen molar-refractivity contribution < 1.29 is 13.8 Å². The molecule has 0 fully saturated rings. The summed E-state index contributed by atoms with van der Waals surface area (Å²) >= 11 is 5.91. The zero-order valence-corrected chi connectivity index (χ0v) is 14.2. The van der Waals surface area contributed by atoms with Gasteiger partial charge in [-0.2, -0.15) is 4.57 Å². The fourth-order valence-corrected chi connectivity index (χ4v) is 2.70. The van der Waals surface area contributed by atoms with Gasteiger partial charge in [0.1, 0.15) is 5.82 Å². The standard InChI is InChI=1S/C20H16ClFN2O/c21-18-13-17(22)6-7-19(18)23-20(25)14-24-10-8-16(9-11-24)12-15-4-2-1-3-5-15/h1-11,13H,12,14H2/p+1. The minimum atomic E-state index is -0.439. The molecule has 0 radical (unpaired) electrons. The van der Waals surface area contributed by atoms with Crippen LogP contribution in [0.15, 0.2) is 73.1 Å². The van der Waals surface area contributed by atoms with E-state index in [1.807, 2.05) is 42.7 Å². The van der Waals surface area contributed by atoms with Crippen LogP contribution in [0.4, 0.5) is 10.1 Å². The highest BCUT2D eigenvalue weighted by molar-refractivity contribution is 6.33. The minimum Gasteiger partial charge on any atom is -0.319 e. The van der Waals surface area contributed by atoms with Crippen molar-refractivity contribution in [2.45, 2.75) is 13.0 Å². The number of rotatable bonds is 5. The average Bonchev–Trinajstić information content (AvgIpc) is 2.60. The van der Waals surface area contributed by atoms with E-state index in [1.54, 1.807) is 4.57 Å². The molecule has 1 heterocycles. The average molecular weight is 356 g/mol. The van der Waals surface area contributed by atoms with Crippen molar-refractivity contribution in [3.8, 4) is 0 Å². The number of aromatic nitrogens is 1. The van der Waals surface area contributed by atoms with Crippen LogP contribution in [0.2, 0.25) is 5.02 Å². The van der Waals surface area contributed by atoms with E-state index in [2.05, 4.69) is 17.4 Å². The fraction of sp³-hybridized carbons (Fsp3) is 0.100. The number of pyridine rings is 1. The predicted molar refractivity (Wildman–Crippen MR) is 95.9 cm³/mol. The Morgan fingerprint density at radius 2 is 1.68 bits per heavy atom. The smallest absolute Gasteiger partial charge is 0.290 e. The molecule has 3 aromatic rings. The van der Waals surface area contributed by atoms with Crippen LogP contribution in [0.25, 0.3) is 0 Å². The Bertz CT molecular complexity index is 867. The first-order valence-corrected chi connectivity index (χ1v) is 8.25. The third-order valence-electron chi connectivity index (χ3n) is 3.74. The van der Waals surface area contributed by atoms with Crippen LogP contribution in [-0.4, -0.2) is 5.91 Å². The van der Waals surface area contributed by atoms with Crippen LogP contribution in [-0.2, 0) is 17.8 Å². The van der Waals surface area contributed by atoms with E-state index in [0.29, 0.717) is 5.69 Å². The second-order valence-corrected chi connectivity index (χ2v) is 6.12. The Kier molecular flexibility index (Phi) is 5.41. The summed E-state index contributed by atoms with van der Waals surface area (Å²) in [5, 5.41) is 2.86. The van der Waals surface area contributed by atoms with E-state index >= 15 is 0 Å². The molecule has 3 nitrogen and oxygen atoms in total. The van der Waals surface area contributed by atoms with Crippen LogP contribution in [0.1, 0.15) is 11.1 Å². The van der Waals surface area contributed by atoms with Crippen molar-refractivity contribution in [2.75, 3.05) is 5.32 Å². The Hall–Kier alpha value is -2.72. The number of nitrogens with one attached hydrogen (secondary N) is 1. The molecule has 0 spiro atoms. The van der Waals surface area contributed by atoms with Gasteiger partial charge >= 0.3 is 0 Å². The van der Waals surface area contributed by atoms with E-state index in [-0.39, 0.29) is 17.5 Å². The normalized spacial score (nSPS) is 10.5. The fourth-order valence-electron chi connectivity index (χ4n) is 2.49. The number of nitrogens with zero attached hydrogens (tertiary/aromatic N) is 1. The summed E-state index contributed by atoms with van der Waals surface area (Å²) in [5.41, 5.74) is 2.81. The summed E-state index contributed by atoms with van der Waals surface area (Å²) in [6, 6.07) is 18.1. The number of carbonyl (C=O) groups is 1. The summed E-state index contributed by atoms with van der Waals surface area (Å²) in [4.78, 5) is 12.1. The van der Waals surface area contributed by atoms with Crippen molar-refractivity contribution in [1.29, 1.82) is 0 Å². The number of halogens is 2. The van der Waals surface area contributed by atoms with Crippen LogP contribution in [0.5, 0.6) is 0 Å². The molecule has 1 aromatic heterocycles. The van der Waals surface area contributed by atoms with Gasteiger partial charge in [0.05, 0.1) is 10.7 Å². The summed E-state index contributed by atoms with van der Waals surface area (Å²) in [5.74, 6) is -0.666. The van der Waals surface area contributed by atoms with Gasteiger partial charge in [0, 0.05) is 12.1 Å². The van der Waals surface area contributed by atoms with E-state index in [4.69, 9.17) is 11.6 Å². The molecular formula is C20H17ClFN2O+. The van der Waals surface area contributed by atoms with Crippen molar-refractivity contribution in [2.24, 2.45) is 0 Å². The van der Waals surface area contributed by atoms with Gasteiger partial charge in [0.2, 0.25) is 6.54 Å². The maximum Gasteiger partial charge on any atom is 0.290 e. The van der Waals surface area contributed by atoms with Crippen LogP contribution in [0.3, 0.4) is 0 Å². The molecule has 0 aliphatic carbocycles. The topological polar surface area (TPSA) is 33.0 Å². The van der Waals surface area contributed by atoms with Gasteiger partial charge in [-0.1, -0.05) is 41.9 Å². The zero-order chi connectivity index (χ0) is 17.6. The molecule has 5 heteroatoms. The van der Waals surface area contributed by atoms with Gasteiger partial charge in [0.25, 0.3) is 5.91 Å². The molecule has 126 valence electrons. The summed E-state index contributed by atoms with van der Waals surface area (Å²) in [6.07, 6.45) is 4.58.